The van der Waals surface area contributed by atoms with Gasteiger partial charge >= 0.3 is 0 Å². The first kappa shape index (κ1) is 21.7. The normalized spacial score (nSPS) is 14.4. The molecule has 0 radical (unpaired) electrons. The standard InChI is InChI=1S/C25H28N4O3/c1-16-17(2)27-23-15-19(6-9-22(23)26-16)25(31)29-12-10-20(11-13-29)28-24(30)14-18-4-7-21(32-3)8-5-18/h4-9,15,20H,10-14H2,1-3H3,(H,28,30). The van der Waals surface area contributed by atoms with Gasteiger partial charge in [-0.3, -0.25) is 9.59 Å². The summed E-state index contributed by atoms with van der Waals surface area (Å²) in [6.07, 6.45) is 1.82. The van der Waals surface area contributed by atoms with E-state index in [9.17, 15) is 9.59 Å². The second-order valence-corrected chi connectivity index (χ2v) is 8.26. The molecular weight excluding hydrogens is 404 g/mol. The number of nitrogens with zero attached hydrogens (tertiary/aromatic N) is 3. The number of benzene rings is 2. The average molecular weight is 433 g/mol. The summed E-state index contributed by atoms with van der Waals surface area (Å²) < 4.78 is 5.15. The second-order valence-electron chi connectivity index (χ2n) is 8.26. The number of piperidine rings is 1. The quantitative estimate of drug-likeness (QED) is 0.669. The molecule has 166 valence electrons. The number of aryl methyl sites for hydroxylation is 2. The fourth-order valence-corrected chi connectivity index (χ4v) is 3.98. The third kappa shape index (κ3) is 4.88. The smallest absolute Gasteiger partial charge is 0.253 e. The third-order valence-corrected chi connectivity index (χ3v) is 5.99. The lowest BCUT2D eigenvalue weighted by Gasteiger charge is -2.32. The van der Waals surface area contributed by atoms with E-state index in [1.165, 1.54) is 0 Å². The zero-order valence-corrected chi connectivity index (χ0v) is 18.7. The molecule has 0 aliphatic carbocycles. The second kappa shape index (κ2) is 9.34. The molecule has 0 spiro atoms. The molecule has 4 rings (SSSR count). The van der Waals surface area contributed by atoms with Gasteiger partial charge in [-0.15, -0.1) is 0 Å². The molecule has 2 heterocycles. The number of hydrogen-bond donors (Lipinski definition) is 1. The molecule has 1 N–H and O–H groups in total. The molecule has 1 aromatic heterocycles. The molecule has 0 bridgehead atoms. The van der Waals surface area contributed by atoms with E-state index in [0.717, 1.165) is 46.6 Å². The van der Waals surface area contributed by atoms with Crippen molar-refractivity contribution in [2.45, 2.75) is 39.2 Å². The van der Waals surface area contributed by atoms with E-state index >= 15 is 0 Å². The number of methoxy groups -OCH3 is 1. The van der Waals surface area contributed by atoms with Crippen LogP contribution in [-0.2, 0) is 11.2 Å². The third-order valence-electron chi connectivity index (χ3n) is 5.99. The zero-order valence-electron chi connectivity index (χ0n) is 18.7. The van der Waals surface area contributed by atoms with Crippen LogP contribution in [0.3, 0.4) is 0 Å². The SMILES string of the molecule is COc1ccc(CC(=O)NC2CCN(C(=O)c3ccc4nc(C)c(C)nc4c3)CC2)cc1. The van der Waals surface area contributed by atoms with E-state index in [-0.39, 0.29) is 17.9 Å². The number of nitrogens with one attached hydrogen (secondary N) is 1. The summed E-state index contributed by atoms with van der Waals surface area (Å²) in [7, 11) is 1.62. The first-order valence-corrected chi connectivity index (χ1v) is 10.9. The predicted molar refractivity (Wildman–Crippen MR) is 123 cm³/mol. The van der Waals surface area contributed by atoms with Crippen LogP contribution in [0.5, 0.6) is 5.75 Å². The maximum absolute atomic E-state index is 13.0. The van der Waals surface area contributed by atoms with E-state index < -0.39 is 0 Å². The number of amides is 2. The molecule has 7 nitrogen and oxygen atoms in total. The van der Waals surface area contributed by atoms with Crippen LogP contribution in [0.15, 0.2) is 42.5 Å². The lowest BCUT2D eigenvalue weighted by atomic mass is 10.0. The van der Waals surface area contributed by atoms with Gasteiger partial charge in [-0.05, 0) is 62.6 Å². The summed E-state index contributed by atoms with van der Waals surface area (Å²) in [5.41, 5.74) is 4.86. The summed E-state index contributed by atoms with van der Waals surface area (Å²) in [6.45, 7) is 5.08. The molecule has 1 fully saturated rings. The Bertz CT molecular complexity index is 1140. The number of hydrogen-bond acceptors (Lipinski definition) is 5. The van der Waals surface area contributed by atoms with Crippen molar-refractivity contribution in [1.82, 2.24) is 20.2 Å². The number of fused-ring (bicyclic) bond motifs is 1. The minimum atomic E-state index is -0.00469. The fourth-order valence-electron chi connectivity index (χ4n) is 3.98. The number of rotatable bonds is 5. The van der Waals surface area contributed by atoms with Crippen LogP contribution in [-0.4, -0.2) is 52.9 Å². The van der Waals surface area contributed by atoms with Crippen LogP contribution >= 0.6 is 0 Å². The van der Waals surface area contributed by atoms with E-state index in [0.29, 0.717) is 25.1 Å². The van der Waals surface area contributed by atoms with Crippen LogP contribution in [0.25, 0.3) is 11.0 Å². The molecule has 7 heteroatoms. The molecule has 0 atom stereocenters. The van der Waals surface area contributed by atoms with Crippen molar-refractivity contribution in [3.05, 3.63) is 65.0 Å². The van der Waals surface area contributed by atoms with Gasteiger partial charge in [0.05, 0.1) is 36.0 Å². The van der Waals surface area contributed by atoms with Crippen LogP contribution in [0, 0.1) is 13.8 Å². The summed E-state index contributed by atoms with van der Waals surface area (Å²) in [5.74, 6) is 0.767. The Kier molecular flexibility index (Phi) is 6.35. The number of aromatic nitrogens is 2. The number of likely N-dealkylation sites (tertiary alicyclic amines) is 1. The van der Waals surface area contributed by atoms with E-state index in [4.69, 9.17) is 4.74 Å². The Balaban J connectivity index is 1.31. The van der Waals surface area contributed by atoms with E-state index in [2.05, 4.69) is 15.3 Å². The van der Waals surface area contributed by atoms with Crippen molar-refractivity contribution in [2.24, 2.45) is 0 Å². The Labute approximate surface area is 187 Å². The average Bonchev–Trinajstić information content (AvgIpc) is 2.80. The molecule has 1 aliphatic heterocycles. The van der Waals surface area contributed by atoms with Crippen molar-refractivity contribution in [3.63, 3.8) is 0 Å². The molecule has 3 aromatic rings. The molecule has 0 unspecified atom stereocenters. The summed E-state index contributed by atoms with van der Waals surface area (Å²) in [5, 5.41) is 3.10. The van der Waals surface area contributed by atoms with Crippen molar-refractivity contribution in [3.8, 4) is 5.75 Å². The Morgan fingerprint density at radius 2 is 1.66 bits per heavy atom. The van der Waals surface area contributed by atoms with Gasteiger partial charge < -0.3 is 15.0 Å². The highest BCUT2D eigenvalue weighted by Gasteiger charge is 2.25. The topological polar surface area (TPSA) is 84.4 Å². The predicted octanol–water partition coefficient (Wildman–Crippen LogP) is 3.22. The van der Waals surface area contributed by atoms with Gasteiger partial charge in [-0.2, -0.15) is 0 Å². The highest BCUT2D eigenvalue weighted by molar-refractivity contribution is 5.97. The highest BCUT2D eigenvalue weighted by Crippen LogP contribution is 2.19. The summed E-state index contributed by atoms with van der Waals surface area (Å²) >= 11 is 0. The van der Waals surface area contributed by atoms with Crippen LogP contribution in [0.2, 0.25) is 0 Å². The van der Waals surface area contributed by atoms with Crippen molar-refractivity contribution < 1.29 is 14.3 Å². The van der Waals surface area contributed by atoms with Gasteiger partial charge in [-0.1, -0.05) is 12.1 Å². The molecule has 2 amide bonds. The monoisotopic (exact) mass is 432 g/mol. The first-order chi connectivity index (χ1) is 15.4. The lowest BCUT2D eigenvalue weighted by Crippen LogP contribution is -2.46. The van der Waals surface area contributed by atoms with E-state index in [1.807, 2.05) is 61.2 Å². The van der Waals surface area contributed by atoms with Gasteiger partial charge in [0, 0.05) is 24.7 Å². The Morgan fingerprint density at radius 3 is 2.31 bits per heavy atom. The number of ether oxygens (including phenoxy) is 1. The molecule has 0 saturated carbocycles. The van der Waals surface area contributed by atoms with Gasteiger partial charge in [0.25, 0.3) is 5.91 Å². The molecule has 1 saturated heterocycles. The lowest BCUT2D eigenvalue weighted by molar-refractivity contribution is -0.121. The Morgan fingerprint density at radius 1 is 1.00 bits per heavy atom. The maximum Gasteiger partial charge on any atom is 0.253 e. The first-order valence-electron chi connectivity index (χ1n) is 10.9. The minimum Gasteiger partial charge on any atom is -0.497 e. The van der Waals surface area contributed by atoms with Crippen LogP contribution in [0.4, 0.5) is 0 Å². The zero-order chi connectivity index (χ0) is 22.7. The van der Waals surface area contributed by atoms with Gasteiger partial charge in [0.1, 0.15) is 5.75 Å². The molecule has 2 aromatic carbocycles. The largest absolute Gasteiger partial charge is 0.497 e. The van der Waals surface area contributed by atoms with Gasteiger partial charge in [0.15, 0.2) is 0 Å². The maximum atomic E-state index is 13.0. The van der Waals surface area contributed by atoms with Crippen molar-refractivity contribution in [2.75, 3.05) is 20.2 Å². The van der Waals surface area contributed by atoms with Crippen LogP contribution in [0.1, 0.15) is 40.2 Å². The fraction of sp³-hybridized carbons (Fsp3) is 0.360. The minimum absolute atomic E-state index is 0.00119. The van der Waals surface area contributed by atoms with Crippen LogP contribution < -0.4 is 10.1 Å². The van der Waals surface area contributed by atoms with Gasteiger partial charge in [-0.25, -0.2) is 9.97 Å². The van der Waals surface area contributed by atoms with Crippen molar-refractivity contribution in [1.29, 1.82) is 0 Å². The Hall–Kier alpha value is -3.48. The highest BCUT2D eigenvalue weighted by atomic mass is 16.5. The summed E-state index contributed by atoms with van der Waals surface area (Å²) in [4.78, 5) is 36.4. The van der Waals surface area contributed by atoms with E-state index in [1.54, 1.807) is 7.11 Å². The molecular formula is C25H28N4O3. The number of carbonyl (C=O) groups is 2. The number of carbonyl (C=O) groups excluding carboxylic acids is 2. The summed E-state index contributed by atoms with van der Waals surface area (Å²) in [6, 6.07) is 13.1. The molecule has 1 aliphatic rings. The van der Waals surface area contributed by atoms with Gasteiger partial charge in [0.2, 0.25) is 5.91 Å². The van der Waals surface area contributed by atoms with Crippen molar-refractivity contribution >= 4 is 22.8 Å². The molecule has 32 heavy (non-hydrogen) atoms.